The van der Waals surface area contributed by atoms with Gasteiger partial charge in [-0.15, -0.1) is 0 Å². The highest BCUT2D eigenvalue weighted by Gasteiger charge is 2.12. The zero-order valence-corrected chi connectivity index (χ0v) is 12.9. The van der Waals surface area contributed by atoms with Gasteiger partial charge in [0.05, 0.1) is 0 Å². The number of rotatable bonds is 6. The molecule has 0 heterocycles. The van der Waals surface area contributed by atoms with Crippen LogP contribution in [0.2, 0.25) is 5.02 Å². The fraction of sp³-hybridized carbons (Fsp3) is 0.294. The lowest BCUT2D eigenvalue weighted by Crippen LogP contribution is -2.24. The molecular formula is C17H20ClFN2. The molecule has 0 amide bonds. The van der Waals surface area contributed by atoms with Gasteiger partial charge in [0, 0.05) is 23.2 Å². The lowest BCUT2D eigenvalue weighted by atomic mass is 10.0. The monoisotopic (exact) mass is 306 g/mol. The number of nitrogens with zero attached hydrogens (tertiary/aromatic N) is 1. The SMILES string of the molecule is CN(CCC(N)c1ccccc1F)Cc1ccccc1Cl. The van der Waals surface area contributed by atoms with Crippen molar-refractivity contribution in [2.45, 2.75) is 19.0 Å². The first-order chi connectivity index (χ1) is 10.1. The summed E-state index contributed by atoms with van der Waals surface area (Å²) in [6, 6.07) is 14.2. The topological polar surface area (TPSA) is 29.3 Å². The molecule has 0 spiro atoms. The summed E-state index contributed by atoms with van der Waals surface area (Å²) >= 11 is 6.15. The molecule has 2 aromatic rings. The van der Waals surface area contributed by atoms with Gasteiger partial charge in [-0.1, -0.05) is 48.0 Å². The Morgan fingerprint density at radius 1 is 1.14 bits per heavy atom. The van der Waals surface area contributed by atoms with Crippen LogP contribution >= 0.6 is 11.6 Å². The van der Waals surface area contributed by atoms with Crippen molar-refractivity contribution in [2.75, 3.05) is 13.6 Å². The molecule has 0 saturated carbocycles. The van der Waals surface area contributed by atoms with Crippen LogP contribution in [-0.2, 0) is 6.54 Å². The first kappa shape index (κ1) is 16.0. The molecule has 21 heavy (non-hydrogen) atoms. The molecule has 2 aromatic carbocycles. The fourth-order valence-corrected chi connectivity index (χ4v) is 2.48. The molecule has 2 N–H and O–H groups in total. The molecule has 0 aromatic heterocycles. The zero-order chi connectivity index (χ0) is 15.2. The van der Waals surface area contributed by atoms with Crippen LogP contribution in [0.1, 0.15) is 23.6 Å². The van der Waals surface area contributed by atoms with E-state index >= 15 is 0 Å². The molecule has 4 heteroatoms. The van der Waals surface area contributed by atoms with Gasteiger partial charge in [-0.2, -0.15) is 0 Å². The molecule has 0 aliphatic rings. The Bertz CT molecular complexity index is 589. The predicted molar refractivity (Wildman–Crippen MR) is 85.7 cm³/mol. The van der Waals surface area contributed by atoms with Crippen molar-refractivity contribution in [1.29, 1.82) is 0 Å². The van der Waals surface area contributed by atoms with E-state index in [1.54, 1.807) is 12.1 Å². The standard InChI is InChI=1S/C17H20ClFN2/c1-21(12-13-6-2-4-8-15(13)18)11-10-17(20)14-7-3-5-9-16(14)19/h2-9,17H,10-12,20H2,1H3. The van der Waals surface area contributed by atoms with Crippen LogP contribution < -0.4 is 5.73 Å². The molecule has 0 aliphatic heterocycles. The van der Waals surface area contributed by atoms with Crippen molar-refractivity contribution >= 4 is 11.6 Å². The first-order valence-corrected chi connectivity index (χ1v) is 7.37. The molecule has 0 bridgehead atoms. The Labute approximate surface area is 130 Å². The number of halogens is 2. The van der Waals surface area contributed by atoms with Gasteiger partial charge in [0.1, 0.15) is 5.82 Å². The molecule has 1 unspecified atom stereocenters. The summed E-state index contributed by atoms with van der Waals surface area (Å²) in [5.41, 5.74) is 7.73. The second-order valence-electron chi connectivity index (χ2n) is 5.25. The number of hydrogen-bond acceptors (Lipinski definition) is 2. The van der Waals surface area contributed by atoms with Crippen molar-refractivity contribution in [1.82, 2.24) is 4.90 Å². The van der Waals surface area contributed by atoms with Crippen LogP contribution in [0.3, 0.4) is 0 Å². The third-order valence-electron chi connectivity index (χ3n) is 3.52. The summed E-state index contributed by atoms with van der Waals surface area (Å²) in [5.74, 6) is -0.237. The maximum atomic E-state index is 13.7. The molecule has 112 valence electrons. The highest BCUT2D eigenvalue weighted by Crippen LogP contribution is 2.19. The van der Waals surface area contributed by atoms with E-state index < -0.39 is 0 Å². The van der Waals surface area contributed by atoms with Crippen molar-refractivity contribution in [2.24, 2.45) is 5.73 Å². The highest BCUT2D eigenvalue weighted by atomic mass is 35.5. The second-order valence-corrected chi connectivity index (χ2v) is 5.65. The molecule has 0 fully saturated rings. The largest absolute Gasteiger partial charge is 0.324 e. The van der Waals surface area contributed by atoms with Crippen LogP contribution in [-0.4, -0.2) is 18.5 Å². The minimum atomic E-state index is -0.292. The molecular weight excluding hydrogens is 287 g/mol. The predicted octanol–water partition coefficient (Wildman–Crippen LogP) is 4.00. The normalized spacial score (nSPS) is 12.6. The summed E-state index contributed by atoms with van der Waals surface area (Å²) < 4.78 is 13.7. The van der Waals surface area contributed by atoms with E-state index in [1.807, 2.05) is 37.4 Å². The van der Waals surface area contributed by atoms with E-state index in [1.165, 1.54) is 6.07 Å². The smallest absolute Gasteiger partial charge is 0.127 e. The molecule has 0 radical (unpaired) electrons. The van der Waals surface area contributed by atoms with Crippen molar-refractivity contribution < 1.29 is 4.39 Å². The summed E-state index contributed by atoms with van der Waals surface area (Å²) in [6.07, 6.45) is 0.696. The van der Waals surface area contributed by atoms with Gasteiger partial charge < -0.3 is 10.6 Å². The number of benzene rings is 2. The molecule has 2 rings (SSSR count). The van der Waals surface area contributed by atoms with Gasteiger partial charge in [-0.25, -0.2) is 4.39 Å². The quantitative estimate of drug-likeness (QED) is 0.874. The maximum Gasteiger partial charge on any atom is 0.127 e. The fourth-order valence-electron chi connectivity index (χ4n) is 2.29. The minimum Gasteiger partial charge on any atom is -0.324 e. The van der Waals surface area contributed by atoms with E-state index in [9.17, 15) is 4.39 Å². The summed E-state index contributed by atoms with van der Waals surface area (Å²) in [5, 5.41) is 0.766. The van der Waals surface area contributed by atoms with Crippen LogP contribution in [0.4, 0.5) is 4.39 Å². The summed E-state index contributed by atoms with van der Waals surface area (Å²) in [6.45, 7) is 1.53. The van der Waals surface area contributed by atoms with E-state index in [-0.39, 0.29) is 11.9 Å². The molecule has 0 aliphatic carbocycles. The lowest BCUT2D eigenvalue weighted by Gasteiger charge is -2.20. The summed E-state index contributed by atoms with van der Waals surface area (Å²) in [7, 11) is 2.01. The van der Waals surface area contributed by atoms with Gasteiger partial charge in [0.15, 0.2) is 0 Å². The van der Waals surface area contributed by atoms with Gasteiger partial charge in [-0.05, 0) is 37.7 Å². The number of nitrogens with two attached hydrogens (primary N) is 1. The Hall–Kier alpha value is -1.42. The zero-order valence-electron chi connectivity index (χ0n) is 12.1. The van der Waals surface area contributed by atoms with Crippen molar-refractivity contribution in [3.63, 3.8) is 0 Å². The Morgan fingerprint density at radius 3 is 2.52 bits per heavy atom. The summed E-state index contributed by atoms with van der Waals surface area (Å²) in [4.78, 5) is 2.14. The number of hydrogen-bond donors (Lipinski definition) is 1. The Morgan fingerprint density at radius 2 is 1.81 bits per heavy atom. The van der Waals surface area contributed by atoms with E-state index in [2.05, 4.69) is 4.90 Å². The van der Waals surface area contributed by atoms with Crippen molar-refractivity contribution in [3.8, 4) is 0 Å². The molecule has 1 atom stereocenters. The van der Waals surface area contributed by atoms with Crippen LogP contribution in [0.5, 0.6) is 0 Å². The third kappa shape index (κ3) is 4.53. The highest BCUT2D eigenvalue weighted by molar-refractivity contribution is 6.31. The Kier molecular flexibility index (Phi) is 5.74. The van der Waals surface area contributed by atoms with Gasteiger partial charge in [0.2, 0.25) is 0 Å². The second kappa shape index (κ2) is 7.55. The van der Waals surface area contributed by atoms with Gasteiger partial charge in [-0.3, -0.25) is 0 Å². The van der Waals surface area contributed by atoms with E-state index in [0.717, 1.165) is 23.7 Å². The third-order valence-corrected chi connectivity index (χ3v) is 3.89. The minimum absolute atomic E-state index is 0.237. The van der Waals surface area contributed by atoms with Gasteiger partial charge in [0.25, 0.3) is 0 Å². The average molecular weight is 307 g/mol. The lowest BCUT2D eigenvalue weighted by molar-refractivity contribution is 0.310. The Balaban J connectivity index is 1.88. The maximum absolute atomic E-state index is 13.7. The first-order valence-electron chi connectivity index (χ1n) is 7.00. The van der Waals surface area contributed by atoms with Crippen molar-refractivity contribution in [3.05, 3.63) is 70.5 Å². The molecule has 0 saturated heterocycles. The average Bonchev–Trinajstić information content (AvgIpc) is 2.48. The van der Waals surface area contributed by atoms with Gasteiger partial charge >= 0.3 is 0 Å². The molecule has 2 nitrogen and oxygen atoms in total. The van der Waals surface area contributed by atoms with E-state index in [0.29, 0.717) is 12.0 Å². The van der Waals surface area contributed by atoms with Crippen LogP contribution in [0.25, 0.3) is 0 Å². The van der Waals surface area contributed by atoms with Crippen LogP contribution in [0, 0.1) is 5.82 Å². The van der Waals surface area contributed by atoms with Crippen LogP contribution in [0.15, 0.2) is 48.5 Å². The van der Waals surface area contributed by atoms with E-state index in [4.69, 9.17) is 17.3 Å².